The maximum Gasteiger partial charge on any atom is 0.306 e. The van der Waals surface area contributed by atoms with Gasteiger partial charge in [-0.05, 0) is 25.2 Å². The van der Waals surface area contributed by atoms with E-state index in [0.29, 0.717) is 19.3 Å². The van der Waals surface area contributed by atoms with Crippen LogP contribution in [0.4, 0.5) is 0 Å². The van der Waals surface area contributed by atoms with Gasteiger partial charge in [-0.15, -0.1) is 0 Å². The fraction of sp³-hybridized carbons (Fsp3) is 0.933. The fourth-order valence-corrected chi connectivity index (χ4v) is 6.59. The molecule has 0 radical (unpaired) electrons. The van der Waals surface area contributed by atoms with Crippen LogP contribution in [0.1, 0.15) is 246 Å². The quantitative estimate of drug-likeness (QED) is 0.0356. The number of unbranched alkanes of at least 4 members (excludes halogenated alkanes) is 26. The Balaban J connectivity index is 4.28. The molecule has 0 heterocycles. The van der Waals surface area contributed by atoms with Crippen molar-refractivity contribution in [2.45, 2.75) is 252 Å². The summed E-state index contributed by atoms with van der Waals surface area (Å²) >= 11 is 0. The van der Waals surface area contributed by atoms with Crippen LogP contribution in [0.25, 0.3) is 0 Å². The Labute approximate surface area is 317 Å². The molecule has 0 aromatic rings. The normalized spacial score (nSPS) is 12.5. The Bertz CT molecular complexity index is 768. The van der Waals surface area contributed by atoms with E-state index in [1.165, 1.54) is 141 Å². The van der Waals surface area contributed by atoms with E-state index in [-0.39, 0.29) is 31.1 Å². The molecule has 0 rings (SSSR count). The molecule has 302 valence electrons. The van der Waals surface area contributed by atoms with Crippen molar-refractivity contribution in [3.8, 4) is 0 Å². The van der Waals surface area contributed by atoms with Gasteiger partial charge in [0.25, 0.3) is 0 Å². The molecule has 0 aliphatic heterocycles. The first kappa shape index (κ1) is 49.4. The lowest BCUT2D eigenvalue weighted by atomic mass is 9.99. The average Bonchev–Trinajstić information content (AvgIpc) is 3.13. The van der Waals surface area contributed by atoms with Crippen LogP contribution in [0.2, 0.25) is 0 Å². The molecule has 0 N–H and O–H groups in total. The summed E-state index contributed by atoms with van der Waals surface area (Å²) in [7, 11) is 0. The fourth-order valence-electron chi connectivity index (χ4n) is 6.59. The van der Waals surface area contributed by atoms with Crippen molar-refractivity contribution in [1.29, 1.82) is 0 Å². The minimum absolute atomic E-state index is 0.0644. The third-order valence-corrected chi connectivity index (χ3v) is 10.4. The molecule has 0 aromatic heterocycles. The highest BCUT2D eigenvalue weighted by Gasteiger charge is 2.19. The molecule has 0 fully saturated rings. The van der Waals surface area contributed by atoms with Gasteiger partial charge >= 0.3 is 17.9 Å². The Morgan fingerprint density at radius 3 is 1.02 bits per heavy atom. The molecule has 0 bridgehead atoms. The van der Waals surface area contributed by atoms with Gasteiger partial charge in [0.05, 0.1) is 0 Å². The largest absolute Gasteiger partial charge is 0.462 e. The summed E-state index contributed by atoms with van der Waals surface area (Å²) in [6.45, 7) is 8.97. The van der Waals surface area contributed by atoms with Crippen molar-refractivity contribution in [2.75, 3.05) is 13.2 Å². The predicted molar refractivity (Wildman–Crippen MR) is 215 cm³/mol. The molecule has 0 aliphatic rings. The van der Waals surface area contributed by atoms with E-state index in [2.05, 4.69) is 27.7 Å². The topological polar surface area (TPSA) is 78.9 Å². The summed E-state index contributed by atoms with van der Waals surface area (Å²) in [5.74, 6) is 0.00809. The van der Waals surface area contributed by atoms with Crippen molar-refractivity contribution in [3.05, 3.63) is 0 Å². The summed E-state index contributed by atoms with van der Waals surface area (Å²) in [5.41, 5.74) is 0. The van der Waals surface area contributed by atoms with E-state index in [1.54, 1.807) is 0 Å². The maximum absolute atomic E-state index is 12.7. The van der Waals surface area contributed by atoms with Gasteiger partial charge in [0.15, 0.2) is 6.10 Å². The smallest absolute Gasteiger partial charge is 0.306 e. The lowest BCUT2D eigenvalue weighted by Gasteiger charge is -2.18. The van der Waals surface area contributed by atoms with Crippen LogP contribution in [0.5, 0.6) is 0 Å². The number of hydrogen-bond acceptors (Lipinski definition) is 6. The van der Waals surface area contributed by atoms with Crippen molar-refractivity contribution >= 4 is 17.9 Å². The molecule has 6 heteroatoms. The molecule has 0 amide bonds. The molecule has 1 unspecified atom stereocenters. The molecule has 0 aromatic carbocycles. The van der Waals surface area contributed by atoms with Crippen molar-refractivity contribution < 1.29 is 28.6 Å². The molecule has 6 nitrogen and oxygen atoms in total. The minimum Gasteiger partial charge on any atom is -0.462 e. The first-order valence-corrected chi connectivity index (χ1v) is 22.4. The first-order chi connectivity index (χ1) is 24.9. The predicted octanol–water partition coefficient (Wildman–Crippen LogP) is 13.9. The van der Waals surface area contributed by atoms with Crippen molar-refractivity contribution in [1.82, 2.24) is 0 Å². The van der Waals surface area contributed by atoms with Gasteiger partial charge in [-0.2, -0.15) is 0 Å². The van der Waals surface area contributed by atoms with Crippen LogP contribution in [-0.4, -0.2) is 37.2 Å². The highest BCUT2D eigenvalue weighted by molar-refractivity contribution is 5.71. The second-order valence-electron chi connectivity index (χ2n) is 15.6. The van der Waals surface area contributed by atoms with E-state index < -0.39 is 6.10 Å². The zero-order valence-electron chi connectivity index (χ0n) is 34.6. The number of carbonyl (C=O) groups excluding carboxylic acids is 3. The van der Waals surface area contributed by atoms with E-state index in [4.69, 9.17) is 14.2 Å². The van der Waals surface area contributed by atoms with E-state index in [9.17, 15) is 14.4 Å². The number of carbonyl (C=O) groups is 3. The molecular weight excluding hydrogens is 636 g/mol. The SMILES string of the molecule is CCCCCCCCCCCCCCC(=O)O[C@H](COC(=O)CCCCCCCCC)COC(=O)CCCCCCCCCCCCC(C)CC. The average molecular weight is 723 g/mol. The number of ether oxygens (including phenoxy) is 3. The summed E-state index contributed by atoms with van der Waals surface area (Å²) in [6, 6.07) is 0. The lowest BCUT2D eigenvalue weighted by molar-refractivity contribution is -0.167. The Kier molecular flexibility index (Phi) is 38.4. The zero-order chi connectivity index (χ0) is 37.5. The summed E-state index contributed by atoms with van der Waals surface area (Å²) < 4.78 is 16.6. The van der Waals surface area contributed by atoms with Gasteiger partial charge in [-0.25, -0.2) is 0 Å². The van der Waals surface area contributed by atoms with Crippen LogP contribution in [0, 0.1) is 5.92 Å². The van der Waals surface area contributed by atoms with Gasteiger partial charge in [0, 0.05) is 19.3 Å². The van der Waals surface area contributed by atoms with Crippen LogP contribution in [0.15, 0.2) is 0 Å². The lowest BCUT2D eigenvalue weighted by Crippen LogP contribution is -2.30. The van der Waals surface area contributed by atoms with Gasteiger partial charge in [0.1, 0.15) is 13.2 Å². The van der Waals surface area contributed by atoms with Gasteiger partial charge in [-0.1, -0.05) is 207 Å². The molecular formula is C45H86O6. The van der Waals surface area contributed by atoms with E-state index in [0.717, 1.165) is 63.7 Å². The highest BCUT2D eigenvalue weighted by atomic mass is 16.6. The van der Waals surface area contributed by atoms with Crippen LogP contribution < -0.4 is 0 Å². The second-order valence-corrected chi connectivity index (χ2v) is 15.6. The molecule has 0 aliphatic carbocycles. The minimum atomic E-state index is -0.758. The Hall–Kier alpha value is -1.59. The molecule has 0 spiro atoms. The van der Waals surface area contributed by atoms with Crippen LogP contribution in [-0.2, 0) is 28.6 Å². The summed E-state index contributed by atoms with van der Waals surface area (Å²) in [4.78, 5) is 37.5. The number of rotatable bonds is 40. The van der Waals surface area contributed by atoms with E-state index >= 15 is 0 Å². The zero-order valence-corrected chi connectivity index (χ0v) is 34.6. The van der Waals surface area contributed by atoms with E-state index in [1.807, 2.05) is 0 Å². The first-order valence-electron chi connectivity index (χ1n) is 22.4. The standard InChI is InChI=1S/C45H86O6/c1-5-8-10-12-14-15-16-17-22-26-30-34-38-45(48)51-42(39-49-43(46)36-32-28-23-13-11-9-6-2)40-50-44(47)37-33-29-25-21-19-18-20-24-27-31-35-41(4)7-3/h41-42H,5-40H2,1-4H3/t41?,42-/m1/s1. The van der Waals surface area contributed by atoms with Gasteiger partial charge in [0.2, 0.25) is 0 Å². The summed E-state index contributed by atoms with van der Waals surface area (Å²) in [5, 5.41) is 0. The Morgan fingerprint density at radius 2 is 0.686 bits per heavy atom. The number of esters is 3. The van der Waals surface area contributed by atoms with Gasteiger partial charge < -0.3 is 14.2 Å². The maximum atomic E-state index is 12.7. The van der Waals surface area contributed by atoms with Crippen molar-refractivity contribution in [2.24, 2.45) is 5.92 Å². The third kappa shape index (κ3) is 38.0. The molecule has 51 heavy (non-hydrogen) atoms. The molecule has 0 saturated heterocycles. The van der Waals surface area contributed by atoms with Gasteiger partial charge in [-0.3, -0.25) is 14.4 Å². The molecule has 0 saturated carbocycles. The van der Waals surface area contributed by atoms with Crippen LogP contribution in [0.3, 0.4) is 0 Å². The highest BCUT2D eigenvalue weighted by Crippen LogP contribution is 2.17. The third-order valence-electron chi connectivity index (χ3n) is 10.4. The van der Waals surface area contributed by atoms with Crippen molar-refractivity contribution in [3.63, 3.8) is 0 Å². The van der Waals surface area contributed by atoms with Crippen LogP contribution >= 0.6 is 0 Å². The summed E-state index contributed by atoms with van der Waals surface area (Å²) in [6.07, 6.45) is 38.0. The second kappa shape index (κ2) is 39.6. The molecule has 2 atom stereocenters. The monoisotopic (exact) mass is 723 g/mol. The Morgan fingerprint density at radius 1 is 0.392 bits per heavy atom. The number of hydrogen-bond donors (Lipinski definition) is 0.